The highest BCUT2D eigenvalue weighted by Crippen LogP contribution is 2.21. The molecule has 102 valence electrons. The molecule has 1 rings (SSSR count). The van der Waals surface area contributed by atoms with Gasteiger partial charge in [-0.25, -0.2) is 0 Å². The fraction of sp³-hybridized carbons (Fsp3) is 0.625. The molecule has 0 bridgehead atoms. The first-order valence-electron chi connectivity index (χ1n) is 7.30. The Hall–Kier alpha value is -1.18. The molecule has 2 N–H and O–H groups in total. The Morgan fingerprint density at radius 3 is 2.39 bits per heavy atom. The zero-order valence-electron chi connectivity index (χ0n) is 12.2. The van der Waals surface area contributed by atoms with Crippen molar-refractivity contribution in [2.45, 2.75) is 52.9 Å². The van der Waals surface area contributed by atoms with Gasteiger partial charge in [-0.1, -0.05) is 32.6 Å². The molecule has 2 nitrogen and oxygen atoms in total. The largest absolute Gasteiger partial charge is 0.399 e. The summed E-state index contributed by atoms with van der Waals surface area (Å²) in [6.45, 7) is 8.78. The summed E-state index contributed by atoms with van der Waals surface area (Å²) < 4.78 is 0. The SMILES string of the molecule is CCCCCCCN(CC)c1ccc(N)c(C)c1. The molecular formula is C16H28N2. The molecular weight excluding hydrogens is 220 g/mol. The highest BCUT2D eigenvalue weighted by atomic mass is 15.1. The lowest BCUT2D eigenvalue weighted by Crippen LogP contribution is -2.24. The number of nitrogens with zero attached hydrogens (tertiary/aromatic N) is 1. The Kier molecular flexibility index (Phi) is 6.63. The first-order chi connectivity index (χ1) is 8.69. The van der Waals surface area contributed by atoms with Gasteiger partial charge in [0.15, 0.2) is 0 Å². The van der Waals surface area contributed by atoms with Gasteiger partial charge >= 0.3 is 0 Å². The van der Waals surface area contributed by atoms with Crippen molar-refractivity contribution in [1.29, 1.82) is 0 Å². The normalized spacial score (nSPS) is 10.6. The third-order valence-electron chi connectivity index (χ3n) is 3.53. The van der Waals surface area contributed by atoms with Gasteiger partial charge in [-0.3, -0.25) is 0 Å². The third kappa shape index (κ3) is 4.59. The summed E-state index contributed by atoms with van der Waals surface area (Å²) in [7, 11) is 0. The van der Waals surface area contributed by atoms with Crippen LogP contribution in [0.25, 0.3) is 0 Å². The highest BCUT2D eigenvalue weighted by molar-refractivity contribution is 5.57. The van der Waals surface area contributed by atoms with Crippen LogP contribution in [0.5, 0.6) is 0 Å². The number of nitrogen functional groups attached to an aromatic ring is 1. The van der Waals surface area contributed by atoms with E-state index in [0.29, 0.717) is 0 Å². The van der Waals surface area contributed by atoms with Crippen LogP contribution in [0.4, 0.5) is 11.4 Å². The van der Waals surface area contributed by atoms with Gasteiger partial charge in [-0.15, -0.1) is 0 Å². The Bertz CT molecular complexity index is 347. The zero-order valence-corrected chi connectivity index (χ0v) is 12.2. The minimum Gasteiger partial charge on any atom is -0.399 e. The highest BCUT2D eigenvalue weighted by Gasteiger charge is 2.05. The molecule has 0 aliphatic carbocycles. The van der Waals surface area contributed by atoms with E-state index in [9.17, 15) is 0 Å². The van der Waals surface area contributed by atoms with Gasteiger partial charge in [0.05, 0.1) is 0 Å². The van der Waals surface area contributed by atoms with Crippen LogP contribution in [0.1, 0.15) is 51.5 Å². The van der Waals surface area contributed by atoms with E-state index in [1.165, 1.54) is 43.4 Å². The summed E-state index contributed by atoms with van der Waals surface area (Å²) in [5, 5.41) is 0. The molecule has 0 aromatic heterocycles. The minimum atomic E-state index is 0.887. The maximum Gasteiger partial charge on any atom is 0.0370 e. The van der Waals surface area contributed by atoms with Crippen LogP contribution < -0.4 is 10.6 Å². The second-order valence-electron chi connectivity index (χ2n) is 5.03. The van der Waals surface area contributed by atoms with Crippen LogP contribution in [-0.2, 0) is 0 Å². The number of nitrogens with two attached hydrogens (primary N) is 1. The van der Waals surface area contributed by atoms with Crippen LogP contribution in [0.15, 0.2) is 18.2 Å². The molecule has 0 amide bonds. The standard InChI is InChI=1S/C16H28N2/c1-4-6-7-8-9-12-18(5-2)15-10-11-16(17)14(3)13-15/h10-11,13H,4-9,12,17H2,1-3H3. The molecule has 0 spiro atoms. The number of benzene rings is 1. The Labute approximate surface area is 112 Å². The molecule has 0 aliphatic heterocycles. The maximum absolute atomic E-state index is 5.87. The van der Waals surface area contributed by atoms with Crippen LogP contribution in [0.2, 0.25) is 0 Å². The zero-order chi connectivity index (χ0) is 13.4. The molecule has 0 saturated carbocycles. The lowest BCUT2D eigenvalue weighted by atomic mass is 10.1. The fourth-order valence-electron chi connectivity index (χ4n) is 2.23. The smallest absolute Gasteiger partial charge is 0.0370 e. The number of hydrogen-bond donors (Lipinski definition) is 1. The minimum absolute atomic E-state index is 0.887. The lowest BCUT2D eigenvalue weighted by Gasteiger charge is -2.24. The average molecular weight is 248 g/mol. The Morgan fingerprint density at radius 1 is 1.06 bits per heavy atom. The van der Waals surface area contributed by atoms with Crippen molar-refractivity contribution in [3.8, 4) is 0 Å². The van der Waals surface area contributed by atoms with Gasteiger partial charge in [0.25, 0.3) is 0 Å². The van der Waals surface area contributed by atoms with E-state index in [4.69, 9.17) is 5.73 Å². The van der Waals surface area contributed by atoms with Crippen LogP contribution >= 0.6 is 0 Å². The summed E-state index contributed by atoms with van der Waals surface area (Å²) in [6, 6.07) is 6.35. The Balaban J connectivity index is 2.47. The first-order valence-corrected chi connectivity index (χ1v) is 7.30. The van der Waals surface area contributed by atoms with Crippen LogP contribution in [-0.4, -0.2) is 13.1 Å². The quantitative estimate of drug-likeness (QED) is 0.546. The van der Waals surface area contributed by atoms with Crippen molar-refractivity contribution in [3.05, 3.63) is 23.8 Å². The summed E-state index contributed by atoms with van der Waals surface area (Å²) in [5.74, 6) is 0. The van der Waals surface area contributed by atoms with Crippen LogP contribution in [0.3, 0.4) is 0 Å². The molecule has 1 aromatic rings. The number of anilines is 2. The molecule has 0 heterocycles. The predicted octanol–water partition coefficient (Wildman–Crippen LogP) is 4.37. The lowest BCUT2D eigenvalue weighted by molar-refractivity contribution is 0.621. The molecule has 0 saturated heterocycles. The molecule has 18 heavy (non-hydrogen) atoms. The van der Waals surface area contributed by atoms with E-state index < -0.39 is 0 Å². The van der Waals surface area contributed by atoms with E-state index >= 15 is 0 Å². The third-order valence-corrected chi connectivity index (χ3v) is 3.53. The van der Waals surface area contributed by atoms with E-state index in [1.54, 1.807) is 0 Å². The summed E-state index contributed by atoms with van der Waals surface area (Å²) in [4.78, 5) is 2.44. The van der Waals surface area contributed by atoms with Gasteiger partial charge in [-0.05, 0) is 44.0 Å². The summed E-state index contributed by atoms with van der Waals surface area (Å²) >= 11 is 0. The maximum atomic E-state index is 5.87. The van der Waals surface area contributed by atoms with Crippen molar-refractivity contribution < 1.29 is 0 Å². The van der Waals surface area contributed by atoms with Gasteiger partial charge < -0.3 is 10.6 Å². The van der Waals surface area contributed by atoms with Crippen molar-refractivity contribution in [2.24, 2.45) is 0 Å². The number of hydrogen-bond acceptors (Lipinski definition) is 2. The molecule has 0 atom stereocenters. The average Bonchev–Trinajstić information content (AvgIpc) is 2.37. The molecule has 0 radical (unpaired) electrons. The van der Waals surface area contributed by atoms with Crippen molar-refractivity contribution in [3.63, 3.8) is 0 Å². The predicted molar refractivity (Wildman–Crippen MR) is 82.2 cm³/mol. The van der Waals surface area contributed by atoms with E-state index in [1.807, 2.05) is 6.07 Å². The van der Waals surface area contributed by atoms with E-state index in [2.05, 4.69) is 37.8 Å². The summed E-state index contributed by atoms with van der Waals surface area (Å²) in [5.41, 5.74) is 9.24. The molecule has 0 unspecified atom stereocenters. The van der Waals surface area contributed by atoms with Crippen molar-refractivity contribution >= 4 is 11.4 Å². The van der Waals surface area contributed by atoms with Gasteiger partial charge in [0.1, 0.15) is 0 Å². The van der Waals surface area contributed by atoms with Crippen LogP contribution in [0, 0.1) is 6.92 Å². The first kappa shape index (κ1) is 14.9. The monoisotopic (exact) mass is 248 g/mol. The van der Waals surface area contributed by atoms with E-state index in [-0.39, 0.29) is 0 Å². The van der Waals surface area contributed by atoms with Gasteiger partial charge in [-0.2, -0.15) is 0 Å². The summed E-state index contributed by atoms with van der Waals surface area (Å²) in [6.07, 6.45) is 6.69. The Morgan fingerprint density at radius 2 is 1.78 bits per heavy atom. The molecule has 1 aromatic carbocycles. The van der Waals surface area contributed by atoms with Crippen molar-refractivity contribution in [2.75, 3.05) is 23.7 Å². The number of rotatable bonds is 8. The van der Waals surface area contributed by atoms with Crippen molar-refractivity contribution in [1.82, 2.24) is 0 Å². The molecule has 2 heteroatoms. The second kappa shape index (κ2) is 8.02. The number of unbranched alkanes of at least 4 members (excludes halogenated alkanes) is 4. The van der Waals surface area contributed by atoms with Gasteiger partial charge in [0, 0.05) is 24.5 Å². The topological polar surface area (TPSA) is 29.3 Å². The number of aryl methyl sites for hydroxylation is 1. The van der Waals surface area contributed by atoms with E-state index in [0.717, 1.165) is 18.8 Å². The molecule has 0 fully saturated rings. The van der Waals surface area contributed by atoms with Gasteiger partial charge in [0.2, 0.25) is 0 Å². The fourth-order valence-corrected chi connectivity index (χ4v) is 2.23. The second-order valence-corrected chi connectivity index (χ2v) is 5.03. The molecule has 0 aliphatic rings.